The molecule has 0 fully saturated rings. The van der Waals surface area contributed by atoms with Gasteiger partial charge in [0.1, 0.15) is 0 Å². The standard InChI is InChI=1S/C6H14O2Si/c1-4-5-9(3)8-6(2)7/h9H,4-5H2,1-3H3. The average molecular weight is 146 g/mol. The molecule has 0 aromatic heterocycles. The molecule has 0 rings (SSSR count). The lowest BCUT2D eigenvalue weighted by molar-refractivity contribution is -0.132. The zero-order chi connectivity index (χ0) is 7.28. The first-order valence-corrected chi connectivity index (χ1v) is 5.78. The highest BCUT2D eigenvalue weighted by atomic mass is 28.3. The summed E-state index contributed by atoms with van der Waals surface area (Å²) in [6, 6.07) is 1.10. The first kappa shape index (κ1) is 8.69. The van der Waals surface area contributed by atoms with Crippen LogP contribution in [0.25, 0.3) is 0 Å². The van der Waals surface area contributed by atoms with E-state index in [4.69, 9.17) is 4.43 Å². The number of hydrogen-bond donors (Lipinski definition) is 0. The highest BCUT2D eigenvalue weighted by Crippen LogP contribution is 1.97. The molecule has 2 nitrogen and oxygen atoms in total. The molecule has 0 radical (unpaired) electrons. The number of carbonyl (C=O) groups excluding carboxylic acids is 1. The van der Waals surface area contributed by atoms with Gasteiger partial charge in [-0.1, -0.05) is 13.3 Å². The maximum absolute atomic E-state index is 10.3. The Bertz CT molecular complexity index is 93.1. The van der Waals surface area contributed by atoms with E-state index in [0.29, 0.717) is 0 Å². The van der Waals surface area contributed by atoms with Gasteiger partial charge < -0.3 is 4.43 Å². The van der Waals surface area contributed by atoms with Gasteiger partial charge in [-0.25, -0.2) is 0 Å². The summed E-state index contributed by atoms with van der Waals surface area (Å²) in [6.07, 6.45) is 1.13. The summed E-state index contributed by atoms with van der Waals surface area (Å²) < 4.78 is 4.99. The Morgan fingerprint density at radius 3 is 2.56 bits per heavy atom. The molecule has 54 valence electrons. The van der Waals surface area contributed by atoms with Crippen LogP contribution in [-0.4, -0.2) is 15.0 Å². The van der Waals surface area contributed by atoms with Crippen molar-refractivity contribution in [1.29, 1.82) is 0 Å². The minimum absolute atomic E-state index is 0.123. The SMILES string of the molecule is CCC[SiH](C)OC(C)=O. The van der Waals surface area contributed by atoms with E-state index in [1.807, 2.05) is 6.55 Å². The van der Waals surface area contributed by atoms with Crippen molar-refractivity contribution < 1.29 is 9.22 Å². The third-order valence-corrected chi connectivity index (χ3v) is 3.19. The van der Waals surface area contributed by atoms with Crippen molar-refractivity contribution >= 4 is 15.0 Å². The van der Waals surface area contributed by atoms with Crippen LogP contribution in [-0.2, 0) is 9.22 Å². The van der Waals surface area contributed by atoms with E-state index >= 15 is 0 Å². The number of carbonyl (C=O) groups is 1. The van der Waals surface area contributed by atoms with Crippen LogP contribution in [0.4, 0.5) is 0 Å². The van der Waals surface area contributed by atoms with E-state index in [0.717, 1.165) is 12.5 Å². The zero-order valence-electron chi connectivity index (χ0n) is 6.31. The molecule has 0 aliphatic carbocycles. The van der Waals surface area contributed by atoms with E-state index < -0.39 is 9.04 Å². The van der Waals surface area contributed by atoms with Gasteiger partial charge in [0.15, 0.2) is 0 Å². The molecule has 0 N–H and O–H groups in total. The predicted octanol–water partition coefficient (Wildman–Crippen LogP) is 1.31. The summed E-state index contributed by atoms with van der Waals surface area (Å²) in [5.74, 6) is -0.123. The molecule has 0 saturated carbocycles. The molecule has 0 amide bonds. The first-order chi connectivity index (χ1) is 4.16. The molecule has 3 heteroatoms. The maximum atomic E-state index is 10.3. The fourth-order valence-electron chi connectivity index (χ4n) is 0.749. The zero-order valence-corrected chi connectivity index (χ0v) is 7.46. The molecular formula is C6H14O2Si. The molecular weight excluding hydrogens is 132 g/mol. The van der Waals surface area contributed by atoms with Crippen molar-refractivity contribution in [2.24, 2.45) is 0 Å². The van der Waals surface area contributed by atoms with Crippen LogP contribution in [0, 0.1) is 0 Å². The quantitative estimate of drug-likeness (QED) is 0.561. The Morgan fingerprint density at radius 1 is 1.67 bits per heavy atom. The van der Waals surface area contributed by atoms with Crippen molar-refractivity contribution in [3.05, 3.63) is 0 Å². The Labute approximate surface area is 57.9 Å². The highest BCUT2D eigenvalue weighted by Gasteiger charge is 2.04. The molecule has 0 aliphatic rings. The second-order valence-electron chi connectivity index (χ2n) is 2.21. The molecule has 0 aliphatic heterocycles. The third-order valence-electron chi connectivity index (χ3n) is 1.06. The average Bonchev–Trinajstić information content (AvgIpc) is 1.63. The van der Waals surface area contributed by atoms with Gasteiger partial charge in [-0.15, -0.1) is 0 Å². The van der Waals surface area contributed by atoms with Crippen LogP contribution in [0.1, 0.15) is 20.3 Å². The summed E-state index contributed by atoms with van der Waals surface area (Å²) >= 11 is 0. The summed E-state index contributed by atoms with van der Waals surface area (Å²) in [4.78, 5) is 10.3. The number of rotatable bonds is 3. The van der Waals surface area contributed by atoms with Crippen LogP contribution in [0.5, 0.6) is 0 Å². The monoisotopic (exact) mass is 146 g/mol. The normalized spacial score (nSPS) is 12.8. The van der Waals surface area contributed by atoms with Gasteiger partial charge in [0, 0.05) is 6.92 Å². The lowest BCUT2D eigenvalue weighted by Crippen LogP contribution is -2.15. The molecule has 1 unspecified atom stereocenters. The molecule has 0 saturated heterocycles. The minimum atomic E-state index is -1.11. The molecule has 9 heavy (non-hydrogen) atoms. The summed E-state index contributed by atoms with van der Waals surface area (Å²) in [6.45, 7) is 5.62. The van der Waals surface area contributed by atoms with Crippen LogP contribution in [0.3, 0.4) is 0 Å². The van der Waals surface area contributed by atoms with E-state index in [9.17, 15) is 4.79 Å². The van der Waals surface area contributed by atoms with E-state index in [-0.39, 0.29) is 5.97 Å². The van der Waals surface area contributed by atoms with Gasteiger partial charge in [0.25, 0.3) is 5.97 Å². The lowest BCUT2D eigenvalue weighted by atomic mass is 10.6. The minimum Gasteiger partial charge on any atom is -0.522 e. The maximum Gasteiger partial charge on any atom is 0.289 e. The van der Waals surface area contributed by atoms with Crippen LogP contribution in [0.15, 0.2) is 0 Å². The Kier molecular flexibility index (Phi) is 4.40. The van der Waals surface area contributed by atoms with Crippen molar-refractivity contribution in [3.8, 4) is 0 Å². The second-order valence-corrected chi connectivity index (χ2v) is 4.64. The molecule has 0 heterocycles. The molecule has 1 atom stereocenters. The predicted molar refractivity (Wildman–Crippen MR) is 39.9 cm³/mol. The van der Waals surface area contributed by atoms with Gasteiger partial charge in [-0.3, -0.25) is 4.79 Å². The summed E-state index contributed by atoms with van der Waals surface area (Å²) in [5.41, 5.74) is 0. The lowest BCUT2D eigenvalue weighted by Gasteiger charge is -2.07. The topological polar surface area (TPSA) is 26.3 Å². The van der Waals surface area contributed by atoms with E-state index in [1.54, 1.807) is 0 Å². The Hall–Kier alpha value is -0.313. The summed E-state index contributed by atoms with van der Waals surface area (Å²) in [5, 5.41) is 0. The van der Waals surface area contributed by atoms with Gasteiger partial charge in [-0.2, -0.15) is 0 Å². The highest BCUT2D eigenvalue weighted by molar-refractivity contribution is 6.52. The molecule has 0 bridgehead atoms. The summed E-state index contributed by atoms with van der Waals surface area (Å²) in [7, 11) is -1.11. The van der Waals surface area contributed by atoms with Crippen molar-refractivity contribution in [1.82, 2.24) is 0 Å². The second kappa shape index (κ2) is 4.55. The van der Waals surface area contributed by atoms with Crippen molar-refractivity contribution in [3.63, 3.8) is 0 Å². The van der Waals surface area contributed by atoms with Gasteiger partial charge in [0.05, 0.1) is 0 Å². The third kappa shape index (κ3) is 5.56. The smallest absolute Gasteiger partial charge is 0.289 e. The molecule has 0 aromatic rings. The fraction of sp³-hybridized carbons (Fsp3) is 0.833. The van der Waals surface area contributed by atoms with Crippen LogP contribution >= 0.6 is 0 Å². The van der Waals surface area contributed by atoms with Crippen LogP contribution in [0.2, 0.25) is 12.6 Å². The number of hydrogen-bond acceptors (Lipinski definition) is 2. The van der Waals surface area contributed by atoms with Gasteiger partial charge in [0.2, 0.25) is 9.04 Å². The molecule has 0 aromatic carbocycles. The van der Waals surface area contributed by atoms with Crippen molar-refractivity contribution in [2.75, 3.05) is 0 Å². The van der Waals surface area contributed by atoms with Crippen LogP contribution < -0.4 is 0 Å². The fourth-order valence-corrected chi connectivity index (χ4v) is 2.25. The molecule has 0 spiro atoms. The van der Waals surface area contributed by atoms with Crippen molar-refractivity contribution in [2.45, 2.75) is 32.9 Å². The largest absolute Gasteiger partial charge is 0.522 e. The first-order valence-electron chi connectivity index (χ1n) is 3.34. The van der Waals surface area contributed by atoms with Gasteiger partial charge >= 0.3 is 0 Å². The van der Waals surface area contributed by atoms with E-state index in [1.165, 1.54) is 6.92 Å². The van der Waals surface area contributed by atoms with Gasteiger partial charge in [-0.05, 0) is 12.6 Å². The Morgan fingerprint density at radius 2 is 2.22 bits per heavy atom. The Balaban J connectivity index is 3.26. The van der Waals surface area contributed by atoms with E-state index in [2.05, 4.69) is 6.92 Å².